The Morgan fingerprint density at radius 1 is 1.05 bits per heavy atom. The summed E-state index contributed by atoms with van der Waals surface area (Å²) in [6.07, 6.45) is 0. The van der Waals surface area contributed by atoms with E-state index in [1.54, 1.807) is 11.8 Å². The monoisotopic (exact) mass is 294 g/mol. The molecule has 22 heavy (non-hydrogen) atoms. The predicted molar refractivity (Wildman–Crippen MR) is 87.2 cm³/mol. The molecule has 0 unspecified atom stereocenters. The second kappa shape index (κ2) is 5.52. The smallest absolute Gasteiger partial charge is 0.156 e. The van der Waals surface area contributed by atoms with Crippen molar-refractivity contribution in [2.24, 2.45) is 0 Å². The molecule has 0 radical (unpaired) electrons. The van der Waals surface area contributed by atoms with Crippen molar-refractivity contribution in [2.75, 3.05) is 12.8 Å². The molecule has 2 N–H and O–H groups in total. The summed E-state index contributed by atoms with van der Waals surface area (Å²) >= 11 is 0. The molecule has 3 aromatic rings. The van der Waals surface area contributed by atoms with Crippen molar-refractivity contribution < 1.29 is 4.74 Å². The Labute approximate surface area is 129 Å². The van der Waals surface area contributed by atoms with Gasteiger partial charge in [-0.2, -0.15) is 4.68 Å². The Balaban J connectivity index is 2.13. The lowest BCUT2D eigenvalue weighted by Gasteiger charge is -2.08. The van der Waals surface area contributed by atoms with Crippen molar-refractivity contribution >= 4 is 5.82 Å². The van der Waals surface area contributed by atoms with Crippen LogP contribution in [0.25, 0.3) is 16.9 Å². The van der Waals surface area contributed by atoms with Gasteiger partial charge in [0.15, 0.2) is 5.82 Å². The highest BCUT2D eigenvalue weighted by Gasteiger charge is 2.16. The number of aryl methyl sites for hydroxylation is 2. The Morgan fingerprint density at radius 3 is 2.41 bits per heavy atom. The number of hydrogen-bond donors (Lipinski definition) is 1. The largest absolute Gasteiger partial charge is 0.496 e. The molecule has 2 aromatic carbocycles. The zero-order valence-electron chi connectivity index (χ0n) is 12.9. The number of anilines is 1. The van der Waals surface area contributed by atoms with Crippen LogP contribution in [0.3, 0.4) is 0 Å². The number of nitrogen functional groups attached to an aromatic ring is 1. The number of rotatable bonds is 3. The maximum atomic E-state index is 6.27. The first-order valence-corrected chi connectivity index (χ1v) is 7.03. The summed E-state index contributed by atoms with van der Waals surface area (Å²) in [5, 5.41) is 8.44. The number of ether oxygens (including phenoxy) is 1. The third kappa shape index (κ3) is 2.41. The van der Waals surface area contributed by atoms with Crippen LogP contribution in [-0.2, 0) is 0 Å². The van der Waals surface area contributed by atoms with E-state index in [-0.39, 0.29) is 0 Å². The minimum atomic E-state index is 0.495. The number of methoxy groups -OCH3 is 1. The van der Waals surface area contributed by atoms with Crippen LogP contribution >= 0.6 is 0 Å². The van der Waals surface area contributed by atoms with Crippen molar-refractivity contribution in [3.63, 3.8) is 0 Å². The summed E-state index contributed by atoms with van der Waals surface area (Å²) in [6, 6.07) is 13.8. The molecule has 0 aliphatic rings. The van der Waals surface area contributed by atoms with Gasteiger partial charge in [-0.15, -0.1) is 5.10 Å². The van der Waals surface area contributed by atoms with Gasteiger partial charge in [0.2, 0.25) is 0 Å². The molecule has 0 aliphatic carbocycles. The van der Waals surface area contributed by atoms with Gasteiger partial charge in [-0.3, -0.25) is 0 Å². The van der Waals surface area contributed by atoms with Gasteiger partial charge in [-0.05, 0) is 49.2 Å². The molecule has 1 aromatic heterocycles. The number of nitrogens with zero attached hydrogens (tertiary/aromatic N) is 3. The van der Waals surface area contributed by atoms with E-state index in [2.05, 4.69) is 16.4 Å². The van der Waals surface area contributed by atoms with Crippen molar-refractivity contribution in [1.29, 1.82) is 0 Å². The first-order chi connectivity index (χ1) is 10.6. The molecule has 1 heterocycles. The summed E-state index contributed by atoms with van der Waals surface area (Å²) < 4.78 is 7.03. The second-order valence-corrected chi connectivity index (χ2v) is 5.28. The molecule has 0 saturated carbocycles. The van der Waals surface area contributed by atoms with Crippen LogP contribution in [0.15, 0.2) is 42.5 Å². The Bertz CT molecular complexity index is 803. The fraction of sp³-hybridized carbons (Fsp3) is 0.176. The third-order valence-electron chi connectivity index (χ3n) is 3.52. The maximum Gasteiger partial charge on any atom is 0.156 e. The van der Waals surface area contributed by atoms with Crippen LogP contribution < -0.4 is 10.5 Å². The maximum absolute atomic E-state index is 6.27. The van der Waals surface area contributed by atoms with Gasteiger partial charge in [-0.1, -0.05) is 23.4 Å². The van der Waals surface area contributed by atoms with Crippen molar-refractivity contribution in [2.45, 2.75) is 13.8 Å². The number of hydrogen-bond acceptors (Lipinski definition) is 4. The summed E-state index contributed by atoms with van der Waals surface area (Å²) in [7, 11) is 1.63. The molecule has 0 bridgehead atoms. The van der Waals surface area contributed by atoms with Crippen molar-refractivity contribution in [3.8, 4) is 22.7 Å². The lowest BCUT2D eigenvalue weighted by atomic mass is 10.1. The molecular formula is C17H18N4O. The first-order valence-electron chi connectivity index (χ1n) is 7.03. The van der Waals surface area contributed by atoms with E-state index in [4.69, 9.17) is 10.5 Å². The molecule has 5 nitrogen and oxygen atoms in total. The highest BCUT2D eigenvalue weighted by molar-refractivity contribution is 5.75. The minimum Gasteiger partial charge on any atom is -0.496 e. The van der Waals surface area contributed by atoms with Crippen LogP contribution in [0.1, 0.15) is 11.1 Å². The van der Waals surface area contributed by atoms with Crippen LogP contribution in [0.4, 0.5) is 5.82 Å². The van der Waals surface area contributed by atoms with Crippen LogP contribution in [0.2, 0.25) is 0 Å². The van der Waals surface area contributed by atoms with E-state index in [0.29, 0.717) is 11.5 Å². The molecule has 112 valence electrons. The lowest BCUT2D eigenvalue weighted by Crippen LogP contribution is -2.03. The third-order valence-corrected chi connectivity index (χ3v) is 3.52. The molecule has 0 atom stereocenters. The van der Waals surface area contributed by atoms with Gasteiger partial charge in [0.25, 0.3) is 0 Å². The number of benzene rings is 2. The predicted octanol–water partition coefficient (Wildman–Crippen LogP) is 3.14. The van der Waals surface area contributed by atoms with E-state index >= 15 is 0 Å². The van der Waals surface area contributed by atoms with E-state index < -0.39 is 0 Å². The Kier molecular flexibility index (Phi) is 3.55. The topological polar surface area (TPSA) is 66.0 Å². The second-order valence-electron chi connectivity index (χ2n) is 5.28. The number of aromatic nitrogens is 3. The lowest BCUT2D eigenvalue weighted by molar-refractivity contribution is 0.416. The molecule has 0 spiro atoms. The minimum absolute atomic E-state index is 0.495. The SMILES string of the molecule is COc1ccccc1-c1nnn(-c2cc(C)cc(C)c2)c1N. The molecule has 0 amide bonds. The standard InChI is InChI=1S/C17H18N4O/c1-11-8-12(2)10-13(9-11)21-17(18)16(19-20-21)14-6-4-5-7-15(14)22-3/h4-10H,18H2,1-3H3. The fourth-order valence-electron chi connectivity index (χ4n) is 2.58. The average Bonchev–Trinajstić information content (AvgIpc) is 2.87. The first kappa shape index (κ1) is 14.1. The van der Waals surface area contributed by atoms with E-state index in [0.717, 1.165) is 28.1 Å². The molecule has 3 rings (SSSR count). The molecule has 5 heteroatoms. The highest BCUT2D eigenvalue weighted by atomic mass is 16.5. The van der Waals surface area contributed by atoms with E-state index in [9.17, 15) is 0 Å². The van der Waals surface area contributed by atoms with E-state index in [1.165, 1.54) is 0 Å². The summed E-state index contributed by atoms with van der Waals surface area (Å²) in [4.78, 5) is 0. The molecule has 0 aliphatic heterocycles. The molecule has 0 saturated heterocycles. The molecule has 0 fully saturated rings. The Morgan fingerprint density at radius 2 is 1.73 bits per heavy atom. The van der Waals surface area contributed by atoms with Gasteiger partial charge in [0, 0.05) is 5.56 Å². The van der Waals surface area contributed by atoms with Crippen molar-refractivity contribution in [3.05, 3.63) is 53.6 Å². The summed E-state index contributed by atoms with van der Waals surface area (Å²) in [5.74, 6) is 1.22. The van der Waals surface area contributed by atoms with Gasteiger partial charge in [-0.25, -0.2) is 0 Å². The zero-order chi connectivity index (χ0) is 15.7. The number of nitrogens with two attached hydrogens (primary N) is 1. The molecular weight excluding hydrogens is 276 g/mol. The van der Waals surface area contributed by atoms with E-state index in [1.807, 2.05) is 50.2 Å². The fourth-order valence-corrected chi connectivity index (χ4v) is 2.58. The van der Waals surface area contributed by atoms with Gasteiger partial charge in [0.05, 0.1) is 12.8 Å². The van der Waals surface area contributed by atoms with Gasteiger partial charge >= 0.3 is 0 Å². The van der Waals surface area contributed by atoms with Gasteiger partial charge in [0.1, 0.15) is 11.4 Å². The summed E-state index contributed by atoms with van der Waals surface area (Å²) in [5.41, 5.74) is 10.9. The van der Waals surface area contributed by atoms with Crippen LogP contribution in [0.5, 0.6) is 5.75 Å². The van der Waals surface area contributed by atoms with Crippen LogP contribution in [-0.4, -0.2) is 22.1 Å². The summed E-state index contributed by atoms with van der Waals surface area (Å²) in [6.45, 7) is 4.09. The average molecular weight is 294 g/mol. The number of para-hydroxylation sites is 1. The highest BCUT2D eigenvalue weighted by Crippen LogP contribution is 2.32. The Hall–Kier alpha value is -2.82. The van der Waals surface area contributed by atoms with Gasteiger partial charge < -0.3 is 10.5 Å². The quantitative estimate of drug-likeness (QED) is 0.806. The van der Waals surface area contributed by atoms with Crippen LogP contribution in [0, 0.1) is 13.8 Å². The normalized spacial score (nSPS) is 10.7. The zero-order valence-corrected chi connectivity index (χ0v) is 12.9. The van der Waals surface area contributed by atoms with Crippen molar-refractivity contribution in [1.82, 2.24) is 15.0 Å².